The highest BCUT2D eigenvalue weighted by atomic mass is 16.5. The fraction of sp³-hybridized carbons (Fsp3) is 1.00. The molecule has 2 unspecified atom stereocenters. The third-order valence-electron chi connectivity index (χ3n) is 3.02. The maximum Gasteiger partial charge on any atom is 0.178 e. The number of hydrogen-bond acceptors (Lipinski definition) is 4. The summed E-state index contributed by atoms with van der Waals surface area (Å²) in [6, 6.07) is 0.227. The summed E-state index contributed by atoms with van der Waals surface area (Å²) in [6.45, 7) is 12.5. The fourth-order valence-electron chi connectivity index (χ4n) is 1.96. The molecular weight excluding hydrogens is 228 g/mol. The first-order chi connectivity index (χ1) is 8.14. The van der Waals surface area contributed by atoms with E-state index >= 15 is 0 Å². The van der Waals surface area contributed by atoms with Crippen molar-refractivity contribution in [2.45, 2.75) is 71.8 Å². The maximum absolute atomic E-state index is 5.49. The average molecular weight is 258 g/mol. The number of ether oxygens (including phenoxy) is 2. The summed E-state index contributed by atoms with van der Waals surface area (Å²) in [5, 5.41) is 8.75. The second-order valence-electron chi connectivity index (χ2n) is 6.21. The first-order valence-corrected chi connectivity index (χ1v) is 6.66. The lowest BCUT2D eigenvalue weighted by Crippen LogP contribution is -2.36. The highest BCUT2D eigenvalue weighted by Gasteiger charge is 2.32. The van der Waals surface area contributed by atoms with E-state index in [1.807, 2.05) is 20.8 Å². The Bertz CT molecular complexity index is 265. The molecule has 0 aliphatic carbocycles. The van der Waals surface area contributed by atoms with Crippen molar-refractivity contribution in [3.05, 3.63) is 0 Å². The van der Waals surface area contributed by atoms with Crippen molar-refractivity contribution in [2.75, 3.05) is 14.2 Å². The molecule has 0 spiro atoms. The van der Waals surface area contributed by atoms with Gasteiger partial charge in [-0.3, -0.25) is 0 Å². The van der Waals surface area contributed by atoms with Gasteiger partial charge < -0.3 is 9.47 Å². The van der Waals surface area contributed by atoms with Crippen molar-refractivity contribution in [2.24, 2.45) is 16.1 Å². The zero-order valence-corrected chi connectivity index (χ0v) is 13.3. The molecule has 0 aliphatic rings. The summed E-state index contributed by atoms with van der Waals surface area (Å²) in [6.07, 6.45) is 1.71. The van der Waals surface area contributed by atoms with Crippen LogP contribution in [0.3, 0.4) is 0 Å². The minimum absolute atomic E-state index is 0.227. The van der Waals surface area contributed by atoms with Gasteiger partial charge in [-0.05, 0) is 40.0 Å². The average Bonchev–Trinajstić information content (AvgIpc) is 2.25. The van der Waals surface area contributed by atoms with Crippen LogP contribution in [-0.4, -0.2) is 31.6 Å². The predicted octanol–water partition coefficient (Wildman–Crippen LogP) is 4.05. The van der Waals surface area contributed by atoms with Crippen LogP contribution in [-0.2, 0) is 9.47 Å². The molecule has 0 bridgehead atoms. The van der Waals surface area contributed by atoms with E-state index in [1.165, 1.54) is 0 Å². The van der Waals surface area contributed by atoms with Gasteiger partial charge in [-0.25, -0.2) is 0 Å². The molecule has 2 atom stereocenters. The monoisotopic (exact) mass is 258 g/mol. The smallest absolute Gasteiger partial charge is 0.178 e. The van der Waals surface area contributed by atoms with Crippen molar-refractivity contribution < 1.29 is 9.47 Å². The van der Waals surface area contributed by atoms with E-state index < -0.39 is 5.72 Å². The molecule has 18 heavy (non-hydrogen) atoms. The molecule has 0 aromatic carbocycles. The number of rotatable bonds is 8. The molecule has 0 aromatic rings. The Hall–Kier alpha value is -0.480. The maximum atomic E-state index is 5.49. The summed E-state index contributed by atoms with van der Waals surface area (Å²) in [5.74, 6) is 0.628. The van der Waals surface area contributed by atoms with Crippen LogP contribution in [0.25, 0.3) is 0 Å². The first kappa shape index (κ1) is 17.5. The molecule has 0 rings (SSSR count). The van der Waals surface area contributed by atoms with Crippen LogP contribution < -0.4 is 0 Å². The van der Waals surface area contributed by atoms with Gasteiger partial charge in [-0.1, -0.05) is 13.8 Å². The number of azo groups is 1. The van der Waals surface area contributed by atoms with E-state index in [4.69, 9.17) is 9.47 Å². The van der Waals surface area contributed by atoms with Gasteiger partial charge in [0.25, 0.3) is 0 Å². The lowest BCUT2D eigenvalue weighted by atomic mass is 9.97. The number of nitrogens with zero attached hydrogens (tertiary/aromatic N) is 2. The van der Waals surface area contributed by atoms with E-state index in [-0.39, 0.29) is 11.6 Å². The van der Waals surface area contributed by atoms with Crippen LogP contribution in [0, 0.1) is 5.92 Å². The predicted molar refractivity (Wildman–Crippen MR) is 74.9 cm³/mol. The van der Waals surface area contributed by atoms with Crippen LogP contribution in [0.1, 0.15) is 54.4 Å². The molecule has 0 N–H and O–H groups in total. The van der Waals surface area contributed by atoms with Gasteiger partial charge in [-0.2, -0.15) is 10.2 Å². The third kappa shape index (κ3) is 7.07. The zero-order chi connectivity index (χ0) is 14.4. The van der Waals surface area contributed by atoms with Gasteiger partial charge in [0.05, 0.1) is 11.6 Å². The highest BCUT2D eigenvalue weighted by molar-refractivity contribution is 4.81. The fourth-order valence-corrected chi connectivity index (χ4v) is 1.96. The lowest BCUT2D eigenvalue weighted by Gasteiger charge is -2.32. The lowest BCUT2D eigenvalue weighted by molar-refractivity contribution is -0.0779. The van der Waals surface area contributed by atoms with Crippen LogP contribution in [0.5, 0.6) is 0 Å². The first-order valence-electron chi connectivity index (χ1n) is 6.66. The quantitative estimate of drug-likeness (QED) is 0.616. The van der Waals surface area contributed by atoms with E-state index in [0.29, 0.717) is 12.3 Å². The Kier molecular flexibility index (Phi) is 7.00. The summed E-state index contributed by atoms with van der Waals surface area (Å²) in [4.78, 5) is 0. The molecule has 0 aromatic heterocycles. The molecule has 4 heteroatoms. The Labute approximate surface area is 112 Å². The largest absolute Gasteiger partial charge is 0.379 e. The number of hydrogen-bond donors (Lipinski definition) is 0. The topological polar surface area (TPSA) is 43.2 Å². The second-order valence-corrected chi connectivity index (χ2v) is 6.21. The molecule has 108 valence electrons. The molecule has 0 heterocycles. The van der Waals surface area contributed by atoms with Gasteiger partial charge in [0.1, 0.15) is 0 Å². The van der Waals surface area contributed by atoms with Crippen molar-refractivity contribution in [1.82, 2.24) is 0 Å². The van der Waals surface area contributed by atoms with Crippen LogP contribution in [0.2, 0.25) is 0 Å². The van der Waals surface area contributed by atoms with Crippen molar-refractivity contribution >= 4 is 0 Å². The van der Waals surface area contributed by atoms with E-state index in [2.05, 4.69) is 31.0 Å². The molecule has 0 fully saturated rings. The molecule has 0 saturated heterocycles. The van der Waals surface area contributed by atoms with Crippen molar-refractivity contribution in [1.29, 1.82) is 0 Å². The van der Waals surface area contributed by atoms with Gasteiger partial charge in [-0.15, -0.1) is 0 Å². The van der Waals surface area contributed by atoms with E-state index in [0.717, 1.165) is 6.42 Å². The third-order valence-corrected chi connectivity index (χ3v) is 3.02. The van der Waals surface area contributed by atoms with Crippen LogP contribution >= 0.6 is 0 Å². The van der Waals surface area contributed by atoms with Gasteiger partial charge >= 0.3 is 0 Å². The van der Waals surface area contributed by atoms with Gasteiger partial charge in [0, 0.05) is 20.6 Å². The Morgan fingerprint density at radius 3 is 1.94 bits per heavy atom. The van der Waals surface area contributed by atoms with E-state index in [1.54, 1.807) is 14.2 Å². The van der Waals surface area contributed by atoms with Crippen LogP contribution in [0.15, 0.2) is 10.2 Å². The molecular formula is C14H30N2O2. The van der Waals surface area contributed by atoms with Crippen molar-refractivity contribution in [3.63, 3.8) is 0 Å². The molecule has 0 amide bonds. The molecule has 0 radical (unpaired) electrons. The summed E-state index contributed by atoms with van der Waals surface area (Å²) in [7, 11) is 3.37. The molecule has 0 saturated carbocycles. The van der Waals surface area contributed by atoms with Crippen molar-refractivity contribution in [3.8, 4) is 0 Å². The minimum atomic E-state index is -0.620. The second kappa shape index (κ2) is 7.19. The standard InChI is InChI=1S/C14H30N2O2/c1-11(2)9-12(3)15-16-14(6,18-8)10-13(4,5)17-7/h11-12H,9-10H2,1-8H3. The summed E-state index contributed by atoms with van der Waals surface area (Å²) >= 11 is 0. The molecule has 4 nitrogen and oxygen atoms in total. The summed E-state index contributed by atoms with van der Waals surface area (Å²) in [5.41, 5.74) is -0.893. The Morgan fingerprint density at radius 2 is 1.56 bits per heavy atom. The number of methoxy groups -OCH3 is 2. The molecule has 0 aliphatic heterocycles. The van der Waals surface area contributed by atoms with Crippen LogP contribution in [0.4, 0.5) is 0 Å². The van der Waals surface area contributed by atoms with E-state index in [9.17, 15) is 0 Å². The Balaban J connectivity index is 4.61. The zero-order valence-electron chi connectivity index (χ0n) is 13.3. The normalized spacial score (nSPS) is 18.3. The SMILES string of the molecule is COC(C)(C)CC(C)(N=NC(C)CC(C)C)OC. The Morgan fingerprint density at radius 1 is 1.00 bits per heavy atom. The minimum Gasteiger partial charge on any atom is -0.379 e. The summed E-state index contributed by atoms with van der Waals surface area (Å²) < 4.78 is 10.9. The highest BCUT2D eigenvalue weighted by Crippen LogP contribution is 2.27. The van der Waals surface area contributed by atoms with Gasteiger partial charge in [0.15, 0.2) is 5.72 Å². The van der Waals surface area contributed by atoms with Gasteiger partial charge in [0.2, 0.25) is 0 Å².